The summed E-state index contributed by atoms with van der Waals surface area (Å²) >= 11 is 3.29. The molecule has 2 heterocycles. The fourth-order valence-electron chi connectivity index (χ4n) is 2.35. The van der Waals surface area contributed by atoms with Gasteiger partial charge in [-0.2, -0.15) is 8.75 Å². The van der Waals surface area contributed by atoms with Crippen molar-refractivity contribution in [2.45, 2.75) is 8.42 Å². The number of nitrogens with zero attached hydrogens (tertiary/aromatic N) is 2. The average Bonchev–Trinajstić information content (AvgIpc) is 3.21. The van der Waals surface area contributed by atoms with Gasteiger partial charge in [0, 0.05) is 11.1 Å². The number of benzene rings is 2. The predicted molar refractivity (Wildman–Crippen MR) is 102 cm³/mol. The Morgan fingerprint density at radius 2 is 1.04 bits per heavy atom. The van der Waals surface area contributed by atoms with Crippen LogP contribution >= 0.6 is 34.8 Å². The molecule has 0 saturated heterocycles. The smallest absolute Gasteiger partial charge is 0.168 e. The molecule has 0 aliphatic carbocycles. The van der Waals surface area contributed by atoms with Gasteiger partial charge in [-0.25, -0.2) is 8.78 Å². The maximum atomic E-state index is 13.1. The monoisotopic (exact) mass is 420 g/mol. The molecule has 0 fully saturated rings. The van der Waals surface area contributed by atoms with Crippen molar-refractivity contribution in [2.24, 2.45) is 0 Å². The van der Waals surface area contributed by atoms with Crippen molar-refractivity contribution < 1.29 is 19.0 Å². The Balaban J connectivity index is 1.62. The molecule has 0 amide bonds. The molecule has 0 saturated carbocycles. The SMILES string of the molecule is Oc1c(-c2ccc(F)cc2)nsc1Sc1snc(-c2ccc(F)cc2)c1O. The second-order valence-electron chi connectivity index (χ2n) is 5.45. The number of hydrogen-bond donors (Lipinski definition) is 2. The number of halogens is 2. The molecule has 0 bridgehead atoms. The number of hydrogen-bond acceptors (Lipinski definition) is 7. The standard InChI is InChI=1S/C18H10F2N2O2S3/c19-11-5-1-9(2-6-11)13-15(23)17(26-21-13)25-18-16(24)14(22-27-18)10-3-7-12(20)8-4-10/h1-8,23-24H. The molecule has 27 heavy (non-hydrogen) atoms. The maximum absolute atomic E-state index is 13.1. The zero-order valence-corrected chi connectivity index (χ0v) is 15.8. The topological polar surface area (TPSA) is 66.2 Å². The van der Waals surface area contributed by atoms with Gasteiger partial charge < -0.3 is 10.2 Å². The van der Waals surface area contributed by atoms with E-state index in [1.54, 1.807) is 0 Å². The van der Waals surface area contributed by atoms with E-state index in [4.69, 9.17) is 0 Å². The summed E-state index contributed by atoms with van der Waals surface area (Å²) in [5.41, 5.74) is 1.89. The summed E-state index contributed by atoms with van der Waals surface area (Å²) in [5, 5.41) is 20.9. The van der Waals surface area contributed by atoms with E-state index in [1.807, 2.05) is 0 Å². The van der Waals surface area contributed by atoms with Crippen LogP contribution in [-0.2, 0) is 0 Å². The lowest BCUT2D eigenvalue weighted by Gasteiger charge is -2.00. The van der Waals surface area contributed by atoms with Crippen molar-refractivity contribution >= 4 is 34.8 Å². The lowest BCUT2D eigenvalue weighted by molar-refractivity contribution is 0.466. The van der Waals surface area contributed by atoms with Crippen molar-refractivity contribution in [1.82, 2.24) is 8.75 Å². The van der Waals surface area contributed by atoms with Crippen LogP contribution in [0.3, 0.4) is 0 Å². The molecule has 4 rings (SSSR count). The molecule has 0 atom stereocenters. The third kappa shape index (κ3) is 3.53. The van der Waals surface area contributed by atoms with Gasteiger partial charge in [-0.3, -0.25) is 0 Å². The fourth-order valence-corrected chi connectivity index (χ4v) is 5.19. The van der Waals surface area contributed by atoms with E-state index in [9.17, 15) is 19.0 Å². The first kappa shape index (κ1) is 17.9. The van der Waals surface area contributed by atoms with Gasteiger partial charge >= 0.3 is 0 Å². The molecule has 0 aliphatic heterocycles. The molecule has 2 aromatic carbocycles. The minimum Gasteiger partial charge on any atom is -0.504 e. The average molecular weight is 420 g/mol. The number of aromatic nitrogens is 2. The van der Waals surface area contributed by atoms with Gasteiger partial charge in [0.25, 0.3) is 0 Å². The summed E-state index contributed by atoms with van der Waals surface area (Å²) in [7, 11) is 0. The summed E-state index contributed by atoms with van der Waals surface area (Å²) in [6, 6.07) is 11.3. The van der Waals surface area contributed by atoms with Gasteiger partial charge in [0.1, 0.15) is 31.4 Å². The van der Waals surface area contributed by atoms with Crippen molar-refractivity contribution in [2.75, 3.05) is 0 Å². The van der Waals surface area contributed by atoms with Crippen LogP contribution in [0.1, 0.15) is 0 Å². The lowest BCUT2D eigenvalue weighted by atomic mass is 10.1. The van der Waals surface area contributed by atoms with Crippen LogP contribution in [0.2, 0.25) is 0 Å². The van der Waals surface area contributed by atoms with Crippen LogP contribution in [0.4, 0.5) is 8.78 Å². The van der Waals surface area contributed by atoms with E-state index >= 15 is 0 Å². The second-order valence-corrected chi connectivity index (χ2v) is 8.53. The molecule has 0 spiro atoms. The van der Waals surface area contributed by atoms with Crippen molar-refractivity contribution in [3.05, 3.63) is 60.2 Å². The highest BCUT2D eigenvalue weighted by Gasteiger charge is 2.21. The van der Waals surface area contributed by atoms with E-state index in [0.717, 1.165) is 34.8 Å². The van der Waals surface area contributed by atoms with Gasteiger partial charge in [-0.05, 0) is 71.6 Å². The van der Waals surface area contributed by atoms with E-state index in [2.05, 4.69) is 8.75 Å². The van der Waals surface area contributed by atoms with Gasteiger partial charge in [-0.15, -0.1) is 0 Å². The van der Waals surface area contributed by atoms with E-state index in [1.165, 1.54) is 48.5 Å². The Morgan fingerprint density at radius 1 is 0.667 bits per heavy atom. The fraction of sp³-hybridized carbons (Fsp3) is 0. The quantitative estimate of drug-likeness (QED) is 0.438. The Bertz CT molecular complexity index is 1010. The van der Waals surface area contributed by atoms with Crippen molar-refractivity contribution in [3.8, 4) is 34.0 Å². The molecule has 0 unspecified atom stereocenters. The third-order valence-electron chi connectivity index (χ3n) is 3.70. The van der Waals surface area contributed by atoms with Crippen molar-refractivity contribution in [1.29, 1.82) is 0 Å². The van der Waals surface area contributed by atoms with Crippen LogP contribution in [0.5, 0.6) is 11.5 Å². The minimum absolute atomic E-state index is 0.0345. The molecule has 4 aromatic rings. The second kappa shape index (κ2) is 7.26. The Hall–Kier alpha value is -2.49. The molecule has 0 radical (unpaired) electrons. The zero-order chi connectivity index (χ0) is 19.0. The first-order valence-corrected chi connectivity index (χ1v) is 9.96. The Kier molecular flexibility index (Phi) is 4.81. The summed E-state index contributed by atoms with van der Waals surface area (Å²) < 4.78 is 35.6. The molecule has 136 valence electrons. The highest BCUT2D eigenvalue weighted by molar-refractivity contribution is 8.03. The summed E-state index contributed by atoms with van der Waals surface area (Å²) in [5.74, 6) is -0.808. The Morgan fingerprint density at radius 3 is 1.41 bits per heavy atom. The molecule has 2 N–H and O–H groups in total. The van der Waals surface area contributed by atoms with Crippen molar-refractivity contribution in [3.63, 3.8) is 0 Å². The summed E-state index contributed by atoms with van der Waals surface area (Å²) in [6.45, 7) is 0. The predicted octanol–water partition coefficient (Wildman–Crippen LogP) is 5.77. The molecule has 0 aliphatic rings. The Labute approximate surface area is 165 Å². The lowest BCUT2D eigenvalue weighted by Crippen LogP contribution is -1.79. The van der Waals surface area contributed by atoms with E-state index < -0.39 is 0 Å². The minimum atomic E-state index is -0.369. The van der Waals surface area contributed by atoms with Gasteiger partial charge in [-0.1, -0.05) is 11.8 Å². The highest BCUT2D eigenvalue weighted by atomic mass is 32.2. The normalized spacial score (nSPS) is 11.0. The van der Waals surface area contributed by atoms with Crippen LogP contribution in [-0.4, -0.2) is 19.0 Å². The first-order chi connectivity index (χ1) is 13.0. The zero-order valence-electron chi connectivity index (χ0n) is 13.4. The van der Waals surface area contributed by atoms with Crippen LogP contribution in [0.15, 0.2) is 56.9 Å². The summed E-state index contributed by atoms with van der Waals surface area (Å²) in [6.07, 6.45) is 0. The van der Waals surface area contributed by atoms with Crippen LogP contribution in [0, 0.1) is 11.6 Å². The molecule has 2 aromatic heterocycles. The van der Waals surface area contributed by atoms with E-state index in [-0.39, 0.29) is 23.1 Å². The van der Waals surface area contributed by atoms with Gasteiger partial charge in [0.15, 0.2) is 11.5 Å². The van der Waals surface area contributed by atoms with Crippen LogP contribution in [0.25, 0.3) is 22.5 Å². The van der Waals surface area contributed by atoms with E-state index in [0.29, 0.717) is 30.9 Å². The molecular formula is C18H10F2N2O2S3. The third-order valence-corrected chi connectivity index (χ3v) is 6.67. The summed E-state index contributed by atoms with van der Waals surface area (Å²) in [4.78, 5) is 0. The molecule has 4 nitrogen and oxygen atoms in total. The first-order valence-electron chi connectivity index (χ1n) is 7.60. The number of aromatic hydroxyl groups is 2. The highest BCUT2D eigenvalue weighted by Crippen LogP contribution is 2.49. The molecular weight excluding hydrogens is 410 g/mol. The van der Waals surface area contributed by atoms with Gasteiger partial charge in [0.05, 0.1) is 0 Å². The molecule has 9 heteroatoms. The maximum Gasteiger partial charge on any atom is 0.168 e. The largest absolute Gasteiger partial charge is 0.504 e. The van der Waals surface area contributed by atoms with Crippen LogP contribution < -0.4 is 0 Å². The number of rotatable bonds is 4. The van der Waals surface area contributed by atoms with Gasteiger partial charge in [0.2, 0.25) is 0 Å².